The van der Waals surface area contributed by atoms with Gasteiger partial charge in [-0.15, -0.1) is 22.7 Å². The quantitative estimate of drug-likeness (QED) is 0.571. The molecule has 84 valence electrons. The predicted octanol–water partition coefficient (Wildman–Crippen LogP) is 5.45. The highest BCUT2D eigenvalue weighted by Crippen LogP contribution is 2.40. The molecule has 0 aliphatic heterocycles. The van der Waals surface area contributed by atoms with E-state index in [1.165, 1.54) is 26.4 Å². The monoisotopic (exact) mass is 256 g/mol. The highest BCUT2D eigenvalue weighted by molar-refractivity contribution is 7.21. The van der Waals surface area contributed by atoms with Crippen molar-refractivity contribution in [3.8, 4) is 20.9 Å². The van der Waals surface area contributed by atoms with Gasteiger partial charge in [-0.1, -0.05) is 30.3 Å². The van der Waals surface area contributed by atoms with Crippen LogP contribution in [0.15, 0.2) is 53.2 Å². The Balaban J connectivity index is 2.16. The van der Waals surface area contributed by atoms with Crippen LogP contribution in [0.1, 0.15) is 5.56 Å². The van der Waals surface area contributed by atoms with E-state index in [9.17, 15) is 0 Å². The van der Waals surface area contributed by atoms with E-state index in [2.05, 4.69) is 60.1 Å². The third kappa shape index (κ3) is 1.94. The van der Waals surface area contributed by atoms with E-state index in [1.807, 2.05) is 22.7 Å². The Hall–Kier alpha value is -1.38. The summed E-state index contributed by atoms with van der Waals surface area (Å²) >= 11 is 3.65. The second-order valence-corrected chi connectivity index (χ2v) is 5.79. The molecule has 0 nitrogen and oxygen atoms in total. The van der Waals surface area contributed by atoms with Crippen molar-refractivity contribution in [2.75, 3.05) is 0 Å². The number of hydrogen-bond donors (Lipinski definition) is 0. The highest BCUT2D eigenvalue weighted by atomic mass is 32.1. The number of aryl methyl sites for hydroxylation is 1. The molecular weight excluding hydrogens is 244 g/mol. The van der Waals surface area contributed by atoms with Crippen LogP contribution in [0.3, 0.4) is 0 Å². The zero-order valence-electron chi connectivity index (χ0n) is 9.51. The summed E-state index contributed by atoms with van der Waals surface area (Å²) in [5.74, 6) is 0. The van der Waals surface area contributed by atoms with Crippen molar-refractivity contribution in [3.63, 3.8) is 0 Å². The highest BCUT2D eigenvalue weighted by Gasteiger charge is 2.11. The summed E-state index contributed by atoms with van der Waals surface area (Å²) in [5, 5.41) is 4.34. The Bertz CT molecular complexity index is 617. The molecule has 0 fully saturated rings. The van der Waals surface area contributed by atoms with Gasteiger partial charge in [-0.05, 0) is 40.9 Å². The molecule has 0 saturated carbocycles. The fourth-order valence-corrected chi connectivity index (χ4v) is 4.02. The average Bonchev–Trinajstić information content (AvgIpc) is 2.98. The molecule has 0 atom stereocenters. The second-order valence-electron chi connectivity index (χ2n) is 3.96. The van der Waals surface area contributed by atoms with Gasteiger partial charge in [0.15, 0.2) is 0 Å². The molecule has 0 saturated heterocycles. The van der Waals surface area contributed by atoms with Crippen LogP contribution < -0.4 is 0 Å². The summed E-state index contributed by atoms with van der Waals surface area (Å²) < 4.78 is 0. The summed E-state index contributed by atoms with van der Waals surface area (Å²) in [6.07, 6.45) is 0. The summed E-state index contributed by atoms with van der Waals surface area (Å²) in [6.45, 7) is 2.18. The Morgan fingerprint density at radius 2 is 1.47 bits per heavy atom. The van der Waals surface area contributed by atoms with E-state index in [0.717, 1.165) is 0 Å². The van der Waals surface area contributed by atoms with E-state index >= 15 is 0 Å². The standard InChI is InChI=1S/C15H12S2/c1-11-7-9-16-14(11)15-13(8-10-17-15)12-5-3-2-4-6-12/h2-10H,1H3. The van der Waals surface area contributed by atoms with Crippen molar-refractivity contribution in [2.24, 2.45) is 0 Å². The zero-order chi connectivity index (χ0) is 11.7. The smallest absolute Gasteiger partial charge is 0.0523 e. The minimum Gasteiger partial charge on any atom is -0.143 e. The molecule has 0 amide bonds. The molecule has 0 aliphatic carbocycles. The molecule has 0 aliphatic rings. The van der Waals surface area contributed by atoms with E-state index < -0.39 is 0 Å². The molecule has 0 spiro atoms. The largest absolute Gasteiger partial charge is 0.143 e. The second kappa shape index (κ2) is 4.47. The Labute approximate surface area is 109 Å². The Morgan fingerprint density at radius 1 is 0.765 bits per heavy atom. The molecule has 3 aromatic rings. The van der Waals surface area contributed by atoms with E-state index in [1.54, 1.807) is 0 Å². The van der Waals surface area contributed by atoms with Crippen molar-refractivity contribution in [3.05, 3.63) is 58.8 Å². The van der Waals surface area contributed by atoms with Gasteiger partial charge >= 0.3 is 0 Å². The fraction of sp³-hybridized carbons (Fsp3) is 0.0667. The van der Waals surface area contributed by atoms with Crippen molar-refractivity contribution in [2.45, 2.75) is 6.92 Å². The van der Waals surface area contributed by atoms with Crippen LogP contribution in [0.4, 0.5) is 0 Å². The van der Waals surface area contributed by atoms with Crippen molar-refractivity contribution >= 4 is 22.7 Å². The van der Waals surface area contributed by atoms with Crippen LogP contribution in [-0.2, 0) is 0 Å². The lowest BCUT2D eigenvalue weighted by Gasteiger charge is -2.03. The first-order valence-electron chi connectivity index (χ1n) is 5.53. The fourth-order valence-electron chi connectivity index (χ4n) is 1.94. The molecule has 0 radical (unpaired) electrons. The van der Waals surface area contributed by atoms with Crippen molar-refractivity contribution < 1.29 is 0 Å². The van der Waals surface area contributed by atoms with Gasteiger partial charge in [-0.25, -0.2) is 0 Å². The number of thiophene rings is 2. The first kappa shape index (κ1) is 10.8. The summed E-state index contributed by atoms with van der Waals surface area (Å²) in [7, 11) is 0. The van der Waals surface area contributed by atoms with Gasteiger partial charge < -0.3 is 0 Å². The predicted molar refractivity (Wildman–Crippen MR) is 77.8 cm³/mol. The van der Waals surface area contributed by atoms with Crippen LogP contribution >= 0.6 is 22.7 Å². The average molecular weight is 256 g/mol. The van der Waals surface area contributed by atoms with Crippen LogP contribution in [0, 0.1) is 6.92 Å². The maximum atomic E-state index is 2.22. The molecular formula is C15H12S2. The molecule has 17 heavy (non-hydrogen) atoms. The lowest BCUT2D eigenvalue weighted by atomic mass is 10.1. The zero-order valence-corrected chi connectivity index (χ0v) is 11.1. The molecule has 2 aromatic heterocycles. The maximum Gasteiger partial charge on any atom is 0.0523 e. The molecule has 0 bridgehead atoms. The first-order valence-corrected chi connectivity index (χ1v) is 7.29. The number of hydrogen-bond acceptors (Lipinski definition) is 2. The summed E-state index contributed by atoms with van der Waals surface area (Å²) in [4.78, 5) is 2.79. The summed E-state index contributed by atoms with van der Waals surface area (Å²) in [6, 6.07) is 15.0. The van der Waals surface area contributed by atoms with Gasteiger partial charge in [0, 0.05) is 10.4 Å². The minimum absolute atomic E-state index is 1.30. The van der Waals surface area contributed by atoms with Crippen LogP contribution in [0.25, 0.3) is 20.9 Å². The molecule has 0 unspecified atom stereocenters. The SMILES string of the molecule is Cc1ccsc1-c1sccc1-c1ccccc1. The first-order chi connectivity index (χ1) is 8.36. The van der Waals surface area contributed by atoms with Crippen molar-refractivity contribution in [1.29, 1.82) is 0 Å². The van der Waals surface area contributed by atoms with Gasteiger partial charge in [0.05, 0.1) is 4.88 Å². The van der Waals surface area contributed by atoms with Gasteiger partial charge in [-0.2, -0.15) is 0 Å². The van der Waals surface area contributed by atoms with E-state index in [0.29, 0.717) is 0 Å². The normalized spacial score (nSPS) is 10.6. The molecule has 0 N–H and O–H groups in total. The topological polar surface area (TPSA) is 0 Å². The Morgan fingerprint density at radius 3 is 2.18 bits per heavy atom. The molecule has 2 heterocycles. The molecule has 1 aromatic carbocycles. The van der Waals surface area contributed by atoms with Gasteiger partial charge in [-0.3, -0.25) is 0 Å². The van der Waals surface area contributed by atoms with Crippen molar-refractivity contribution in [1.82, 2.24) is 0 Å². The maximum absolute atomic E-state index is 2.22. The van der Waals surface area contributed by atoms with Gasteiger partial charge in [0.25, 0.3) is 0 Å². The minimum atomic E-state index is 1.30. The Kier molecular flexibility index (Phi) is 2.83. The third-order valence-corrected chi connectivity index (χ3v) is 4.91. The van der Waals surface area contributed by atoms with Crippen LogP contribution in [0.5, 0.6) is 0 Å². The number of benzene rings is 1. The van der Waals surface area contributed by atoms with Crippen LogP contribution in [-0.4, -0.2) is 0 Å². The van der Waals surface area contributed by atoms with E-state index in [4.69, 9.17) is 0 Å². The van der Waals surface area contributed by atoms with Gasteiger partial charge in [0.1, 0.15) is 0 Å². The van der Waals surface area contributed by atoms with E-state index in [-0.39, 0.29) is 0 Å². The van der Waals surface area contributed by atoms with Crippen LogP contribution in [0.2, 0.25) is 0 Å². The molecule has 2 heteroatoms. The van der Waals surface area contributed by atoms with Gasteiger partial charge in [0.2, 0.25) is 0 Å². The number of rotatable bonds is 2. The third-order valence-electron chi connectivity index (χ3n) is 2.82. The lowest BCUT2D eigenvalue weighted by molar-refractivity contribution is 1.55. The summed E-state index contributed by atoms with van der Waals surface area (Å²) in [5.41, 5.74) is 4.02. The lowest BCUT2D eigenvalue weighted by Crippen LogP contribution is -1.77. The molecule has 3 rings (SSSR count).